The average molecular weight is 266 g/mol. The third-order valence-corrected chi connectivity index (χ3v) is 3.84. The van der Waals surface area contributed by atoms with Gasteiger partial charge in [0.05, 0.1) is 18.1 Å². The van der Waals surface area contributed by atoms with E-state index in [1.807, 2.05) is 30.3 Å². The van der Waals surface area contributed by atoms with Crippen LogP contribution in [0.3, 0.4) is 0 Å². The van der Waals surface area contributed by atoms with Crippen LogP contribution in [0.4, 0.5) is 0 Å². The summed E-state index contributed by atoms with van der Waals surface area (Å²) in [5.74, 6) is 0. The van der Waals surface area contributed by atoms with Crippen LogP contribution in [-0.2, 0) is 6.42 Å². The number of fused-ring (bicyclic) bond motifs is 2. The van der Waals surface area contributed by atoms with Gasteiger partial charge in [-0.25, -0.2) is 4.98 Å². The number of para-hydroxylation sites is 1. The highest BCUT2D eigenvalue weighted by molar-refractivity contribution is 5.78. The molecule has 0 amide bonds. The van der Waals surface area contributed by atoms with Crippen LogP contribution in [0.1, 0.15) is 23.0 Å². The van der Waals surface area contributed by atoms with Crippen molar-refractivity contribution in [1.29, 1.82) is 0 Å². The van der Waals surface area contributed by atoms with E-state index in [2.05, 4.69) is 20.3 Å². The lowest BCUT2D eigenvalue weighted by atomic mass is 9.98. The van der Waals surface area contributed by atoms with Gasteiger partial charge >= 0.3 is 0 Å². The number of H-pyrrole nitrogens is 2. The minimum Gasteiger partial charge on any atom is -0.348 e. The van der Waals surface area contributed by atoms with Crippen LogP contribution in [0, 0.1) is 0 Å². The Morgan fingerprint density at radius 3 is 3.10 bits per heavy atom. The summed E-state index contributed by atoms with van der Waals surface area (Å²) in [5.41, 5.74) is 3.56. The zero-order chi connectivity index (χ0) is 13.5. The van der Waals surface area contributed by atoms with Crippen LogP contribution >= 0.6 is 0 Å². The SMILES string of the molecule is O=c1[nH]c2ccccc2cc1[C@H]1NCCc2[nH]cnc21. The Bertz CT molecular complexity index is 833. The van der Waals surface area contributed by atoms with Crippen LogP contribution in [0.5, 0.6) is 0 Å². The lowest BCUT2D eigenvalue weighted by Gasteiger charge is -2.22. The normalized spacial score (nSPS) is 18.1. The lowest BCUT2D eigenvalue weighted by molar-refractivity contribution is 0.550. The summed E-state index contributed by atoms with van der Waals surface area (Å²) in [7, 11) is 0. The van der Waals surface area contributed by atoms with Gasteiger partial charge in [0.25, 0.3) is 5.56 Å². The summed E-state index contributed by atoms with van der Waals surface area (Å²) in [6.45, 7) is 0.839. The molecular formula is C15H14N4O. The molecule has 0 unspecified atom stereocenters. The molecule has 2 aromatic heterocycles. The lowest BCUT2D eigenvalue weighted by Crippen LogP contribution is -2.34. The van der Waals surface area contributed by atoms with Crippen LogP contribution in [0.2, 0.25) is 0 Å². The Labute approximate surface area is 115 Å². The van der Waals surface area contributed by atoms with Gasteiger partial charge in [0, 0.05) is 29.7 Å². The van der Waals surface area contributed by atoms with Gasteiger partial charge in [0.2, 0.25) is 0 Å². The van der Waals surface area contributed by atoms with Crippen LogP contribution in [0.15, 0.2) is 41.5 Å². The molecule has 3 heterocycles. The Balaban J connectivity index is 1.92. The molecule has 1 aliphatic rings. The maximum Gasteiger partial charge on any atom is 0.253 e. The van der Waals surface area contributed by atoms with Gasteiger partial charge in [-0.15, -0.1) is 0 Å². The number of imidazole rings is 1. The van der Waals surface area contributed by atoms with Gasteiger partial charge in [-0.1, -0.05) is 18.2 Å². The van der Waals surface area contributed by atoms with Crippen molar-refractivity contribution in [2.75, 3.05) is 6.54 Å². The van der Waals surface area contributed by atoms with Crippen LogP contribution in [0.25, 0.3) is 10.9 Å². The van der Waals surface area contributed by atoms with Crippen molar-refractivity contribution in [3.63, 3.8) is 0 Å². The first kappa shape index (κ1) is 11.4. The molecule has 0 saturated heterocycles. The molecule has 1 aromatic carbocycles. The Hall–Kier alpha value is -2.40. The zero-order valence-electron chi connectivity index (χ0n) is 10.8. The summed E-state index contributed by atoms with van der Waals surface area (Å²) in [5, 5.41) is 4.41. The monoisotopic (exact) mass is 266 g/mol. The highest BCUT2D eigenvalue weighted by Gasteiger charge is 2.25. The van der Waals surface area contributed by atoms with Crippen LogP contribution < -0.4 is 10.9 Å². The number of aromatic nitrogens is 3. The minimum absolute atomic E-state index is 0.0583. The number of aromatic amines is 2. The molecule has 0 saturated carbocycles. The van der Waals surface area contributed by atoms with Crippen molar-refractivity contribution in [3.05, 3.63) is 64.0 Å². The number of pyridine rings is 1. The van der Waals surface area contributed by atoms with Gasteiger partial charge in [0.15, 0.2) is 0 Å². The second-order valence-electron chi connectivity index (χ2n) is 5.04. The molecule has 0 radical (unpaired) electrons. The van der Waals surface area contributed by atoms with Crippen molar-refractivity contribution in [2.45, 2.75) is 12.5 Å². The molecule has 3 aromatic rings. The molecule has 1 atom stereocenters. The maximum absolute atomic E-state index is 12.3. The zero-order valence-corrected chi connectivity index (χ0v) is 10.8. The number of hydrogen-bond acceptors (Lipinski definition) is 3. The van der Waals surface area contributed by atoms with E-state index in [9.17, 15) is 4.79 Å². The summed E-state index contributed by atoms with van der Waals surface area (Å²) in [4.78, 5) is 22.8. The molecule has 0 fully saturated rings. The molecule has 5 nitrogen and oxygen atoms in total. The molecule has 1 aliphatic heterocycles. The number of benzene rings is 1. The molecule has 3 N–H and O–H groups in total. The number of nitrogens with one attached hydrogen (secondary N) is 3. The second kappa shape index (κ2) is 4.31. The Kier molecular flexibility index (Phi) is 2.47. The molecule has 5 heteroatoms. The third-order valence-electron chi connectivity index (χ3n) is 3.84. The predicted octanol–water partition coefficient (Wildman–Crippen LogP) is 1.49. The van der Waals surface area contributed by atoms with Crippen molar-refractivity contribution >= 4 is 10.9 Å². The minimum atomic E-state index is -0.140. The Morgan fingerprint density at radius 2 is 2.15 bits per heavy atom. The Morgan fingerprint density at radius 1 is 1.25 bits per heavy atom. The fourth-order valence-corrected chi connectivity index (χ4v) is 2.85. The van der Waals surface area contributed by atoms with E-state index in [1.54, 1.807) is 6.33 Å². The maximum atomic E-state index is 12.3. The second-order valence-corrected chi connectivity index (χ2v) is 5.04. The first-order valence-corrected chi connectivity index (χ1v) is 6.70. The summed E-state index contributed by atoms with van der Waals surface area (Å²) in [6.07, 6.45) is 2.61. The van der Waals surface area contributed by atoms with Gasteiger partial charge in [-0.05, 0) is 17.5 Å². The first-order chi connectivity index (χ1) is 9.83. The van der Waals surface area contributed by atoms with Crippen molar-refractivity contribution in [2.24, 2.45) is 0 Å². The molecular weight excluding hydrogens is 252 g/mol. The molecule has 0 bridgehead atoms. The highest BCUT2D eigenvalue weighted by atomic mass is 16.1. The molecule has 0 spiro atoms. The topological polar surface area (TPSA) is 73.6 Å². The van der Waals surface area contributed by atoms with E-state index < -0.39 is 0 Å². The first-order valence-electron chi connectivity index (χ1n) is 6.70. The smallest absolute Gasteiger partial charge is 0.253 e. The number of nitrogens with zero attached hydrogens (tertiary/aromatic N) is 1. The van der Waals surface area contributed by atoms with Crippen LogP contribution in [-0.4, -0.2) is 21.5 Å². The summed E-state index contributed by atoms with van der Waals surface area (Å²) < 4.78 is 0. The van der Waals surface area contributed by atoms with E-state index in [-0.39, 0.29) is 11.6 Å². The molecule has 20 heavy (non-hydrogen) atoms. The quantitative estimate of drug-likeness (QED) is 0.624. The molecule has 100 valence electrons. The largest absolute Gasteiger partial charge is 0.348 e. The fraction of sp³-hybridized carbons (Fsp3) is 0.200. The van der Waals surface area contributed by atoms with Crippen molar-refractivity contribution in [1.82, 2.24) is 20.3 Å². The predicted molar refractivity (Wildman–Crippen MR) is 76.7 cm³/mol. The van der Waals surface area contributed by atoms with Gasteiger partial charge in [-0.3, -0.25) is 4.79 Å². The van der Waals surface area contributed by atoms with Crippen molar-refractivity contribution in [3.8, 4) is 0 Å². The molecule has 4 rings (SSSR count). The van der Waals surface area contributed by atoms with E-state index in [0.29, 0.717) is 0 Å². The summed E-state index contributed by atoms with van der Waals surface area (Å²) in [6, 6.07) is 9.62. The number of rotatable bonds is 1. The average Bonchev–Trinajstić information content (AvgIpc) is 2.95. The van der Waals surface area contributed by atoms with E-state index in [0.717, 1.165) is 40.8 Å². The third kappa shape index (κ3) is 1.67. The van der Waals surface area contributed by atoms with E-state index in [1.165, 1.54) is 0 Å². The van der Waals surface area contributed by atoms with Gasteiger partial charge < -0.3 is 15.3 Å². The standard InChI is InChI=1S/C15H14N4O/c20-15-10(7-9-3-1-2-4-11(9)19-15)13-14-12(5-6-16-13)17-8-18-14/h1-4,7-8,13,16H,5-6H2,(H,17,18)(H,19,20)/t13-/m1/s1. The fourth-order valence-electron chi connectivity index (χ4n) is 2.85. The summed E-state index contributed by atoms with van der Waals surface area (Å²) >= 11 is 0. The highest BCUT2D eigenvalue weighted by Crippen LogP contribution is 2.25. The van der Waals surface area contributed by atoms with Gasteiger partial charge in [-0.2, -0.15) is 0 Å². The van der Waals surface area contributed by atoms with E-state index >= 15 is 0 Å². The van der Waals surface area contributed by atoms with Crippen molar-refractivity contribution < 1.29 is 0 Å². The van der Waals surface area contributed by atoms with E-state index in [4.69, 9.17) is 0 Å². The molecule has 0 aliphatic carbocycles. The number of hydrogen-bond donors (Lipinski definition) is 3. The van der Waals surface area contributed by atoms with Gasteiger partial charge in [0.1, 0.15) is 0 Å².